The van der Waals surface area contributed by atoms with Gasteiger partial charge >= 0.3 is 0 Å². The van der Waals surface area contributed by atoms with Crippen LogP contribution in [0.2, 0.25) is 0 Å². The van der Waals surface area contributed by atoms with Gasteiger partial charge in [-0.2, -0.15) is 30.3 Å². The highest BCUT2D eigenvalue weighted by Gasteiger charge is 2.17. The van der Waals surface area contributed by atoms with E-state index in [1.165, 1.54) is 0 Å². The van der Waals surface area contributed by atoms with Crippen LogP contribution < -0.4 is 10.0 Å². The van der Waals surface area contributed by atoms with E-state index in [0.29, 0.717) is 22.5 Å². The molecule has 4 aromatic rings. The van der Waals surface area contributed by atoms with Crippen molar-refractivity contribution in [2.75, 3.05) is 36.2 Å². The van der Waals surface area contributed by atoms with Crippen molar-refractivity contribution >= 4 is 21.8 Å². The van der Waals surface area contributed by atoms with Gasteiger partial charge < -0.3 is 0 Å². The number of rotatable bonds is 6. The summed E-state index contributed by atoms with van der Waals surface area (Å²) in [5.74, 6) is 6.68. The monoisotopic (exact) mass is 450 g/mol. The van der Waals surface area contributed by atoms with Crippen molar-refractivity contribution < 1.29 is 0 Å². The number of nitriles is 2. The largest absolute Gasteiger partial charge is 0.296 e. The third-order valence-electron chi connectivity index (χ3n) is 5.86. The average molecular weight is 451 g/mol. The SMILES string of the molecule is CCN(CC)n1nc2ccc(C#N)cc2c1C#Cc1c2cc(C#N)ccc2nn1N(CC)CC. The van der Waals surface area contributed by atoms with Crippen LogP contribution >= 0.6 is 0 Å². The van der Waals surface area contributed by atoms with E-state index < -0.39 is 0 Å². The Labute approximate surface area is 199 Å². The zero-order valence-electron chi connectivity index (χ0n) is 19.9. The van der Waals surface area contributed by atoms with Crippen LogP contribution in [0.15, 0.2) is 36.4 Å². The van der Waals surface area contributed by atoms with E-state index in [1.807, 2.05) is 33.8 Å². The lowest BCUT2D eigenvalue weighted by atomic mass is 10.1. The normalized spacial score (nSPS) is 10.5. The van der Waals surface area contributed by atoms with Gasteiger partial charge in [0, 0.05) is 37.0 Å². The van der Waals surface area contributed by atoms with Gasteiger partial charge in [-0.3, -0.25) is 10.0 Å². The molecule has 0 aliphatic carbocycles. The lowest BCUT2D eigenvalue weighted by molar-refractivity contribution is 0.555. The molecule has 0 spiro atoms. The molecule has 0 fully saturated rings. The summed E-state index contributed by atoms with van der Waals surface area (Å²) in [5.41, 5.74) is 4.12. The molecule has 4 rings (SSSR count). The number of benzene rings is 2. The van der Waals surface area contributed by atoms with Crippen molar-refractivity contribution in [3.8, 4) is 24.0 Å². The van der Waals surface area contributed by atoms with Crippen molar-refractivity contribution in [1.29, 1.82) is 10.5 Å². The first kappa shape index (κ1) is 22.7. The third kappa shape index (κ3) is 3.89. The summed E-state index contributed by atoms with van der Waals surface area (Å²) in [7, 11) is 0. The molecule has 170 valence electrons. The summed E-state index contributed by atoms with van der Waals surface area (Å²) >= 11 is 0. The lowest BCUT2D eigenvalue weighted by Crippen LogP contribution is -2.36. The molecule has 2 aromatic carbocycles. The predicted octanol–water partition coefficient (Wildman–Crippen LogP) is 3.48. The van der Waals surface area contributed by atoms with E-state index in [-0.39, 0.29) is 0 Å². The molecular weight excluding hydrogens is 424 g/mol. The van der Waals surface area contributed by atoms with E-state index >= 15 is 0 Å². The fourth-order valence-electron chi connectivity index (χ4n) is 4.03. The molecule has 0 unspecified atom stereocenters. The van der Waals surface area contributed by atoms with Gasteiger partial charge in [-0.1, -0.05) is 0 Å². The Morgan fingerprint density at radius 3 is 1.38 bits per heavy atom. The first-order chi connectivity index (χ1) is 16.6. The van der Waals surface area contributed by atoms with E-state index in [0.717, 1.165) is 48.0 Å². The Morgan fingerprint density at radius 1 is 0.676 bits per heavy atom. The Kier molecular flexibility index (Phi) is 6.39. The minimum absolute atomic E-state index is 0.562. The van der Waals surface area contributed by atoms with Gasteiger partial charge in [0.2, 0.25) is 0 Å². The highest BCUT2D eigenvalue weighted by atomic mass is 15.7. The topological polar surface area (TPSA) is 89.7 Å². The van der Waals surface area contributed by atoms with Crippen molar-refractivity contribution in [2.24, 2.45) is 0 Å². The van der Waals surface area contributed by atoms with Crippen molar-refractivity contribution in [3.05, 3.63) is 58.9 Å². The van der Waals surface area contributed by atoms with E-state index in [9.17, 15) is 10.5 Å². The molecule has 0 radical (unpaired) electrons. The van der Waals surface area contributed by atoms with Gasteiger partial charge in [-0.15, -0.1) is 0 Å². The van der Waals surface area contributed by atoms with Gasteiger partial charge in [0.15, 0.2) is 0 Å². The molecule has 0 bridgehead atoms. The Hall–Kier alpha value is -4.48. The van der Waals surface area contributed by atoms with Gasteiger partial charge in [-0.25, -0.2) is 0 Å². The molecule has 0 N–H and O–H groups in total. The van der Waals surface area contributed by atoms with Gasteiger partial charge in [0.25, 0.3) is 0 Å². The highest BCUT2D eigenvalue weighted by molar-refractivity contribution is 5.88. The van der Waals surface area contributed by atoms with Crippen LogP contribution in [0, 0.1) is 34.5 Å². The fraction of sp³-hybridized carbons (Fsp3) is 0.308. The molecule has 0 aliphatic heterocycles. The lowest BCUT2D eigenvalue weighted by Gasteiger charge is -2.22. The molecule has 8 nitrogen and oxygen atoms in total. The van der Waals surface area contributed by atoms with Crippen molar-refractivity contribution in [2.45, 2.75) is 27.7 Å². The molecule has 0 atom stereocenters. The highest BCUT2D eigenvalue weighted by Crippen LogP contribution is 2.22. The zero-order valence-corrected chi connectivity index (χ0v) is 19.9. The average Bonchev–Trinajstić information content (AvgIpc) is 3.41. The summed E-state index contributed by atoms with van der Waals surface area (Å²) in [6.45, 7) is 11.3. The Bertz CT molecular complexity index is 1380. The van der Waals surface area contributed by atoms with Crippen LogP contribution in [0.25, 0.3) is 21.8 Å². The molecule has 0 amide bonds. The summed E-state index contributed by atoms with van der Waals surface area (Å²) in [6, 6.07) is 15.3. The van der Waals surface area contributed by atoms with Crippen LogP contribution in [-0.2, 0) is 0 Å². The number of nitrogens with zero attached hydrogens (tertiary/aromatic N) is 8. The minimum atomic E-state index is 0.562. The summed E-state index contributed by atoms with van der Waals surface area (Å²) < 4.78 is 0. The summed E-state index contributed by atoms with van der Waals surface area (Å²) in [4.78, 5) is 3.67. The number of fused-ring (bicyclic) bond motifs is 2. The van der Waals surface area contributed by atoms with Crippen molar-refractivity contribution in [1.82, 2.24) is 19.8 Å². The second-order valence-electron chi connectivity index (χ2n) is 7.69. The van der Waals surface area contributed by atoms with Crippen molar-refractivity contribution in [3.63, 3.8) is 0 Å². The zero-order chi connectivity index (χ0) is 24.2. The van der Waals surface area contributed by atoms with Crippen LogP contribution in [0.3, 0.4) is 0 Å². The molecule has 0 saturated heterocycles. The molecule has 2 aromatic heterocycles. The van der Waals surface area contributed by atoms with Crippen LogP contribution in [0.4, 0.5) is 0 Å². The Morgan fingerprint density at radius 2 is 1.06 bits per heavy atom. The molecule has 0 aliphatic rings. The third-order valence-corrected chi connectivity index (χ3v) is 5.86. The minimum Gasteiger partial charge on any atom is -0.296 e. The van der Waals surface area contributed by atoms with Gasteiger partial charge in [0.1, 0.15) is 11.4 Å². The van der Waals surface area contributed by atoms with E-state index in [2.05, 4.69) is 61.7 Å². The Balaban J connectivity index is 2.00. The van der Waals surface area contributed by atoms with Gasteiger partial charge in [0.05, 0.1) is 34.3 Å². The quantitative estimate of drug-likeness (QED) is 0.418. The maximum Gasteiger partial charge on any atom is 0.143 e. The van der Waals surface area contributed by atoms with Gasteiger partial charge in [-0.05, 0) is 75.9 Å². The maximum atomic E-state index is 9.43. The molecular formula is C26H26N8. The summed E-state index contributed by atoms with van der Waals surface area (Å²) in [6.07, 6.45) is 0. The van der Waals surface area contributed by atoms with Crippen LogP contribution in [0.5, 0.6) is 0 Å². The standard InChI is InChI=1S/C26H26N8/c1-5-31(6-2)33-25(21-15-19(17-27)9-11-23(21)29-33)13-14-26-22-16-20(18-28)10-12-24(22)30-34(26)32(7-3)8-4/h9-12,15-16H,5-8H2,1-4H3. The molecule has 2 heterocycles. The van der Waals surface area contributed by atoms with E-state index in [4.69, 9.17) is 10.2 Å². The van der Waals surface area contributed by atoms with Crippen LogP contribution in [-0.4, -0.2) is 46.0 Å². The smallest absolute Gasteiger partial charge is 0.143 e. The second-order valence-corrected chi connectivity index (χ2v) is 7.69. The number of aromatic nitrogens is 4. The van der Waals surface area contributed by atoms with Crippen LogP contribution in [0.1, 0.15) is 50.2 Å². The molecule has 8 heteroatoms. The second kappa shape index (κ2) is 9.57. The molecule has 34 heavy (non-hydrogen) atoms. The molecule has 0 saturated carbocycles. The number of hydrogen-bond donors (Lipinski definition) is 0. The first-order valence-electron chi connectivity index (χ1n) is 11.5. The van der Waals surface area contributed by atoms with E-state index in [1.54, 1.807) is 12.1 Å². The number of hydrogen-bond acceptors (Lipinski definition) is 6. The first-order valence-corrected chi connectivity index (χ1v) is 11.5. The fourth-order valence-corrected chi connectivity index (χ4v) is 4.03. The predicted molar refractivity (Wildman–Crippen MR) is 133 cm³/mol. The summed E-state index contributed by atoms with van der Waals surface area (Å²) in [5, 5.41) is 34.2. The maximum absolute atomic E-state index is 9.43.